The second-order valence-electron chi connectivity index (χ2n) is 5.38. The largest absolute Gasteiger partial charge is 0.358 e. The first-order valence-corrected chi connectivity index (χ1v) is 7.09. The SMILES string of the molecule is C/C=C1\CN(CC(=O)NC)CC2=C1Nc1nc(C)nn1C2. The second-order valence-corrected chi connectivity index (χ2v) is 5.38. The number of nitrogens with zero attached hydrogens (tertiary/aromatic N) is 4. The minimum absolute atomic E-state index is 0.0376. The molecule has 2 aliphatic rings. The highest BCUT2D eigenvalue weighted by Gasteiger charge is 2.28. The van der Waals surface area contributed by atoms with Crippen molar-refractivity contribution >= 4 is 11.9 Å². The van der Waals surface area contributed by atoms with E-state index in [2.05, 4.69) is 31.7 Å². The molecule has 0 saturated heterocycles. The molecule has 1 aromatic rings. The lowest BCUT2D eigenvalue weighted by Gasteiger charge is -2.34. The molecule has 3 heterocycles. The van der Waals surface area contributed by atoms with Gasteiger partial charge in [0.25, 0.3) is 0 Å². The first-order chi connectivity index (χ1) is 10.1. The van der Waals surface area contributed by atoms with Crippen molar-refractivity contribution in [3.05, 3.63) is 28.7 Å². The predicted molar refractivity (Wildman–Crippen MR) is 79.7 cm³/mol. The summed E-state index contributed by atoms with van der Waals surface area (Å²) in [4.78, 5) is 18.1. The van der Waals surface area contributed by atoms with Gasteiger partial charge in [-0.25, -0.2) is 4.68 Å². The molecule has 2 aliphatic heterocycles. The van der Waals surface area contributed by atoms with Gasteiger partial charge in [0.1, 0.15) is 5.82 Å². The number of amides is 1. The average Bonchev–Trinajstić information content (AvgIpc) is 2.82. The molecule has 1 aromatic heterocycles. The van der Waals surface area contributed by atoms with Gasteiger partial charge in [0.05, 0.1) is 13.1 Å². The molecule has 0 saturated carbocycles. The molecular formula is C14H20N6O. The summed E-state index contributed by atoms with van der Waals surface area (Å²) in [6.07, 6.45) is 2.09. The van der Waals surface area contributed by atoms with Crippen LogP contribution in [0.25, 0.3) is 0 Å². The lowest BCUT2D eigenvalue weighted by Crippen LogP contribution is -2.43. The van der Waals surface area contributed by atoms with Crippen molar-refractivity contribution in [1.29, 1.82) is 0 Å². The summed E-state index contributed by atoms with van der Waals surface area (Å²) in [6.45, 7) is 6.58. The Bertz CT molecular complexity index is 642. The van der Waals surface area contributed by atoms with Crippen molar-refractivity contribution in [2.75, 3.05) is 32.0 Å². The van der Waals surface area contributed by atoms with E-state index >= 15 is 0 Å². The lowest BCUT2D eigenvalue weighted by atomic mass is 9.99. The van der Waals surface area contributed by atoms with E-state index in [0.29, 0.717) is 6.54 Å². The smallest absolute Gasteiger partial charge is 0.233 e. The van der Waals surface area contributed by atoms with Crippen LogP contribution in [0.2, 0.25) is 0 Å². The van der Waals surface area contributed by atoms with Crippen LogP contribution in [0.5, 0.6) is 0 Å². The summed E-state index contributed by atoms with van der Waals surface area (Å²) < 4.78 is 1.88. The van der Waals surface area contributed by atoms with Gasteiger partial charge in [-0.2, -0.15) is 10.1 Å². The van der Waals surface area contributed by atoms with Gasteiger partial charge in [-0.3, -0.25) is 9.69 Å². The Kier molecular flexibility index (Phi) is 3.50. The molecule has 7 nitrogen and oxygen atoms in total. The normalized spacial score (nSPS) is 20.0. The van der Waals surface area contributed by atoms with Crippen LogP contribution < -0.4 is 10.6 Å². The van der Waals surface area contributed by atoms with Crippen LogP contribution in [0.4, 0.5) is 5.95 Å². The summed E-state index contributed by atoms with van der Waals surface area (Å²) in [5.41, 5.74) is 3.59. The Morgan fingerprint density at radius 1 is 1.43 bits per heavy atom. The van der Waals surface area contributed by atoms with Gasteiger partial charge in [0, 0.05) is 25.8 Å². The molecule has 2 N–H and O–H groups in total. The van der Waals surface area contributed by atoms with E-state index in [1.54, 1.807) is 7.05 Å². The number of aryl methyl sites for hydroxylation is 1. The Morgan fingerprint density at radius 2 is 2.24 bits per heavy atom. The Morgan fingerprint density at radius 3 is 2.95 bits per heavy atom. The Balaban J connectivity index is 1.86. The zero-order valence-corrected chi connectivity index (χ0v) is 12.6. The highest BCUT2D eigenvalue weighted by molar-refractivity contribution is 5.77. The van der Waals surface area contributed by atoms with Crippen LogP contribution in [0, 0.1) is 6.92 Å². The number of fused-ring (bicyclic) bond motifs is 1. The van der Waals surface area contributed by atoms with Gasteiger partial charge in [0.15, 0.2) is 0 Å². The minimum Gasteiger partial charge on any atom is -0.358 e. The molecule has 0 fully saturated rings. The monoisotopic (exact) mass is 288 g/mol. The van der Waals surface area contributed by atoms with Gasteiger partial charge >= 0.3 is 0 Å². The second kappa shape index (κ2) is 5.33. The van der Waals surface area contributed by atoms with Gasteiger partial charge in [-0.05, 0) is 25.0 Å². The summed E-state index contributed by atoms with van der Waals surface area (Å²) in [5, 5.41) is 10.4. The summed E-state index contributed by atoms with van der Waals surface area (Å²) in [5.74, 6) is 1.60. The molecule has 112 valence electrons. The molecule has 0 bridgehead atoms. The predicted octanol–water partition coefficient (Wildman–Crippen LogP) is 0.274. The van der Waals surface area contributed by atoms with Crippen molar-refractivity contribution in [3.8, 4) is 0 Å². The Labute approximate surface area is 123 Å². The fourth-order valence-electron chi connectivity index (χ4n) is 2.83. The van der Waals surface area contributed by atoms with Crippen LogP contribution >= 0.6 is 0 Å². The molecule has 0 unspecified atom stereocenters. The number of hydrogen-bond donors (Lipinski definition) is 2. The highest BCUT2D eigenvalue weighted by Crippen LogP contribution is 2.29. The summed E-state index contributed by atoms with van der Waals surface area (Å²) in [7, 11) is 1.67. The number of allylic oxidation sites excluding steroid dienone is 1. The van der Waals surface area contributed by atoms with Crippen molar-refractivity contribution < 1.29 is 4.79 Å². The van der Waals surface area contributed by atoms with Gasteiger partial charge in [-0.15, -0.1) is 0 Å². The molecule has 7 heteroatoms. The molecule has 0 atom stereocenters. The number of carbonyl (C=O) groups is 1. The third kappa shape index (κ3) is 2.56. The van der Waals surface area contributed by atoms with Crippen LogP contribution in [-0.4, -0.2) is 52.3 Å². The fraction of sp³-hybridized carbons (Fsp3) is 0.500. The van der Waals surface area contributed by atoms with Gasteiger partial charge < -0.3 is 10.6 Å². The van der Waals surface area contributed by atoms with Crippen molar-refractivity contribution in [1.82, 2.24) is 25.0 Å². The van der Waals surface area contributed by atoms with E-state index in [1.807, 2.05) is 18.5 Å². The van der Waals surface area contributed by atoms with Crippen molar-refractivity contribution in [3.63, 3.8) is 0 Å². The van der Waals surface area contributed by atoms with Crippen LogP contribution in [0.1, 0.15) is 12.7 Å². The maximum Gasteiger partial charge on any atom is 0.233 e. The van der Waals surface area contributed by atoms with Crippen LogP contribution in [0.15, 0.2) is 22.9 Å². The molecule has 1 amide bonds. The van der Waals surface area contributed by atoms with Crippen LogP contribution in [0.3, 0.4) is 0 Å². The van der Waals surface area contributed by atoms with Crippen molar-refractivity contribution in [2.24, 2.45) is 0 Å². The fourth-order valence-corrected chi connectivity index (χ4v) is 2.83. The van der Waals surface area contributed by atoms with E-state index in [1.165, 1.54) is 11.1 Å². The number of nitrogens with one attached hydrogen (secondary N) is 2. The lowest BCUT2D eigenvalue weighted by molar-refractivity contribution is -0.121. The minimum atomic E-state index is 0.0376. The summed E-state index contributed by atoms with van der Waals surface area (Å²) >= 11 is 0. The topological polar surface area (TPSA) is 75.1 Å². The van der Waals surface area contributed by atoms with Gasteiger partial charge in [-0.1, -0.05) is 6.08 Å². The molecule has 0 radical (unpaired) electrons. The third-order valence-electron chi connectivity index (χ3n) is 3.83. The molecule has 0 aromatic carbocycles. The average molecular weight is 288 g/mol. The highest BCUT2D eigenvalue weighted by atomic mass is 16.1. The molecule has 0 spiro atoms. The number of rotatable bonds is 2. The number of aromatic nitrogens is 3. The molecular weight excluding hydrogens is 268 g/mol. The van der Waals surface area contributed by atoms with Crippen molar-refractivity contribution in [2.45, 2.75) is 20.4 Å². The summed E-state index contributed by atoms with van der Waals surface area (Å²) in [6, 6.07) is 0. The zero-order chi connectivity index (χ0) is 15.0. The van der Waals surface area contributed by atoms with E-state index in [9.17, 15) is 4.79 Å². The molecule has 3 rings (SSSR count). The standard InChI is InChI=1S/C14H20N6O/c1-4-10-5-19(8-12(21)15-3)6-11-7-20-14(17-13(10)11)16-9(2)18-20/h4H,5-8H2,1-3H3,(H,15,21)(H,16,17,18)/b10-4+. The maximum atomic E-state index is 11.6. The molecule has 0 aliphatic carbocycles. The third-order valence-corrected chi connectivity index (χ3v) is 3.83. The van der Waals surface area contributed by atoms with E-state index < -0.39 is 0 Å². The number of likely N-dealkylation sites (N-methyl/N-ethyl adjacent to an activating group) is 1. The van der Waals surface area contributed by atoms with Gasteiger partial charge in [0.2, 0.25) is 11.9 Å². The van der Waals surface area contributed by atoms with E-state index in [0.717, 1.165) is 37.1 Å². The van der Waals surface area contributed by atoms with Crippen LogP contribution in [-0.2, 0) is 11.3 Å². The van der Waals surface area contributed by atoms with E-state index in [-0.39, 0.29) is 5.91 Å². The quantitative estimate of drug-likeness (QED) is 0.817. The molecule has 21 heavy (non-hydrogen) atoms. The first-order valence-electron chi connectivity index (χ1n) is 7.09. The number of anilines is 1. The van der Waals surface area contributed by atoms with E-state index in [4.69, 9.17) is 0 Å². The first kappa shape index (κ1) is 13.8. The number of hydrogen-bond acceptors (Lipinski definition) is 5. The zero-order valence-electron chi connectivity index (χ0n) is 12.6. The Hall–Kier alpha value is -2.15. The number of carbonyl (C=O) groups excluding carboxylic acids is 1. The maximum absolute atomic E-state index is 11.6.